The average Bonchev–Trinajstić information content (AvgIpc) is 3.11. The fraction of sp³-hybridized carbons (Fsp3) is 0.636. The number of hydrogen-bond donors (Lipinski definition) is 3. The topological polar surface area (TPSA) is 132 Å². The molecule has 4 aliphatic carbocycles. The number of pyridine rings is 1. The molecule has 4 N–H and O–H groups in total. The average molecular weight is 409 g/mol. The van der Waals surface area contributed by atoms with E-state index in [9.17, 15) is 20.0 Å². The quantitative estimate of drug-likeness (QED) is 0.699. The van der Waals surface area contributed by atoms with Crippen LogP contribution in [0.2, 0.25) is 0 Å². The number of anilines is 1. The van der Waals surface area contributed by atoms with Crippen molar-refractivity contribution in [3.63, 3.8) is 0 Å². The molecule has 0 spiro atoms. The number of nitrogens with two attached hydrogens (primary N) is 1. The summed E-state index contributed by atoms with van der Waals surface area (Å²) in [4.78, 5) is 30.3. The Hall–Kier alpha value is -2.82. The number of primary amides is 1. The maximum Gasteiger partial charge on any atom is 0.407 e. The summed E-state index contributed by atoms with van der Waals surface area (Å²) in [5.74, 6) is 1.70. The molecule has 5 fully saturated rings. The van der Waals surface area contributed by atoms with Gasteiger partial charge < -0.3 is 21.1 Å². The second-order valence-corrected chi connectivity index (χ2v) is 9.71. The third-order valence-electron chi connectivity index (χ3n) is 8.21. The molecule has 4 bridgehead atoms. The molecule has 0 radical (unpaired) electrons. The first-order valence-electron chi connectivity index (χ1n) is 10.8. The molecule has 2 heterocycles. The predicted octanol–water partition coefficient (Wildman–Crippen LogP) is 2.41. The molecule has 8 nitrogen and oxygen atoms in total. The Balaban J connectivity index is 1.46. The van der Waals surface area contributed by atoms with Gasteiger partial charge in [-0.15, -0.1) is 0 Å². The highest BCUT2D eigenvalue weighted by molar-refractivity contribution is 5.81. The van der Waals surface area contributed by atoms with E-state index < -0.39 is 11.5 Å². The minimum atomic E-state index is -0.899. The molecule has 30 heavy (non-hydrogen) atoms. The lowest BCUT2D eigenvalue weighted by Gasteiger charge is -2.61. The van der Waals surface area contributed by atoms with Crippen molar-refractivity contribution >= 4 is 17.8 Å². The Bertz CT molecular complexity index is 912. The number of likely N-dealkylation sites (tertiary alicyclic amines) is 1. The minimum absolute atomic E-state index is 0.102. The molecule has 2 amide bonds. The Morgan fingerprint density at radius 2 is 2.03 bits per heavy atom. The number of aromatic nitrogens is 1. The first-order chi connectivity index (χ1) is 14.4. The fourth-order valence-electron chi connectivity index (χ4n) is 7.38. The van der Waals surface area contributed by atoms with Gasteiger partial charge in [0.25, 0.3) is 0 Å². The van der Waals surface area contributed by atoms with E-state index >= 15 is 0 Å². The molecule has 7 atom stereocenters. The van der Waals surface area contributed by atoms with Crippen LogP contribution in [-0.4, -0.2) is 45.6 Å². The van der Waals surface area contributed by atoms with Crippen molar-refractivity contribution in [3.8, 4) is 6.07 Å². The van der Waals surface area contributed by atoms with Crippen LogP contribution in [0.5, 0.6) is 0 Å². The molecule has 8 heteroatoms. The van der Waals surface area contributed by atoms with Gasteiger partial charge in [0.2, 0.25) is 5.91 Å². The van der Waals surface area contributed by atoms with E-state index in [0.717, 1.165) is 32.1 Å². The molecule has 158 valence electrons. The number of hydrogen-bond acceptors (Lipinski definition) is 5. The zero-order chi connectivity index (χ0) is 21.0. The Labute approximate surface area is 175 Å². The van der Waals surface area contributed by atoms with E-state index in [1.807, 2.05) is 0 Å². The predicted molar refractivity (Wildman–Crippen MR) is 108 cm³/mol. The van der Waals surface area contributed by atoms with Crippen LogP contribution in [0.25, 0.3) is 0 Å². The smallest absolute Gasteiger partial charge is 0.407 e. The van der Waals surface area contributed by atoms with Gasteiger partial charge >= 0.3 is 6.09 Å². The number of nitrogens with zero attached hydrogens (tertiary/aromatic N) is 3. The number of nitrogens with one attached hydrogen (secondary N) is 1. The highest BCUT2D eigenvalue weighted by atomic mass is 16.4. The summed E-state index contributed by atoms with van der Waals surface area (Å²) in [6.07, 6.45) is 5.99. The van der Waals surface area contributed by atoms with Gasteiger partial charge in [0.1, 0.15) is 11.9 Å². The van der Waals surface area contributed by atoms with E-state index in [-0.39, 0.29) is 23.9 Å². The molecule has 5 aliphatic rings. The number of nitriles is 1. The summed E-state index contributed by atoms with van der Waals surface area (Å²) < 4.78 is 0. The van der Waals surface area contributed by atoms with Crippen molar-refractivity contribution in [1.29, 1.82) is 5.26 Å². The minimum Gasteiger partial charge on any atom is -0.465 e. The molecular formula is C22H27N5O3. The lowest BCUT2D eigenvalue weighted by atomic mass is 9.44. The molecular weight excluding hydrogens is 382 g/mol. The van der Waals surface area contributed by atoms with Crippen LogP contribution in [0.3, 0.4) is 0 Å². The lowest BCUT2D eigenvalue weighted by molar-refractivity contribution is -0.154. The zero-order valence-electron chi connectivity index (χ0n) is 16.8. The van der Waals surface area contributed by atoms with E-state index in [0.29, 0.717) is 42.1 Å². The fourth-order valence-corrected chi connectivity index (χ4v) is 7.38. The van der Waals surface area contributed by atoms with Crippen LogP contribution in [0.4, 0.5) is 10.6 Å². The Kier molecular flexibility index (Phi) is 4.38. The summed E-state index contributed by atoms with van der Waals surface area (Å²) in [5.41, 5.74) is 5.90. The van der Waals surface area contributed by atoms with Gasteiger partial charge in [-0.1, -0.05) is 0 Å². The van der Waals surface area contributed by atoms with Crippen molar-refractivity contribution in [2.45, 2.75) is 50.6 Å². The molecule has 5 unspecified atom stereocenters. The number of carbonyl (C=O) groups excluding carboxylic acids is 1. The molecule has 1 aromatic rings. The van der Waals surface area contributed by atoms with Crippen molar-refractivity contribution in [2.24, 2.45) is 34.8 Å². The highest BCUT2D eigenvalue weighted by Gasteiger charge is 2.61. The summed E-state index contributed by atoms with van der Waals surface area (Å²) in [6, 6.07) is 5.31. The molecule has 6 rings (SSSR count). The number of carboxylic acid groups (broad SMARTS) is 1. The third-order valence-corrected chi connectivity index (χ3v) is 8.21. The van der Waals surface area contributed by atoms with Crippen LogP contribution in [-0.2, 0) is 4.79 Å². The summed E-state index contributed by atoms with van der Waals surface area (Å²) in [6.45, 7) is 0.465. The van der Waals surface area contributed by atoms with Gasteiger partial charge in [-0.3, -0.25) is 4.79 Å². The molecule has 4 saturated carbocycles. The number of carbonyl (C=O) groups is 2. The van der Waals surface area contributed by atoms with Crippen molar-refractivity contribution in [3.05, 3.63) is 23.9 Å². The van der Waals surface area contributed by atoms with Gasteiger partial charge in [-0.05, 0) is 74.3 Å². The highest BCUT2D eigenvalue weighted by Crippen LogP contribution is 2.63. The Morgan fingerprint density at radius 3 is 2.67 bits per heavy atom. The number of rotatable bonds is 4. The van der Waals surface area contributed by atoms with Crippen LogP contribution in [0.15, 0.2) is 18.3 Å². The maximum absolute atomic E-state index is 12.3. The second kappa shape index (κ2) is 6.86. The van der Waals surface area contributed by atoms with E-state index in [2.05, 4.69) is 16.4 Å². The monoisotopic (exact) mass is 409 g/mol. The van der Waals surface area contributed by atoms with Gasteiger partial charge in [-0.2, -0.15) is 5.26 Å². The van der Waals surface area contributed by atoms with Gasteiger partial charge in [0, 0.05) is 18.2 Å². The zero-order valence-corrected chi connectivity index (χ0v) is 16.8. The van der Waals surface area contributed by atoms with Crippen LogP contribution in [0.1, 0.15) is 44.1 Å². The number of amides is 2. The summed E-state index contributed by atoms with van der Waals surface area (Å²) >= 11 is 0. The van der Waals surface area contributed by atoms with Gasteiger partial charge in [-0.25, -0.2) is 9.78 Å². The van der Waals surface area contributed by atoms with Crippen LogP contribution < -0.4 is 11.1 Å². The second-order valence-electron chi connectivity index (χ2n) is 9.71. The van der Waals surface area contributed by atoms with Crippen molar-refractivity contribution < 1.29 is 14.7 Å². The van der Waals surface area contributed by atoms with Gasteiger partial charge in [0.15, 0.2) is 0 Å². The third kappa shape index (κ3) is 2.83. The normalized spacial score (nSPS) is 39.0. The summed E-state index contributed by atoms with van der Waals surface area (Å²) in [5, 5.41) is 22.7. The first kappa shape index (κ1) is 19.2. The SMILES string of the molecule is N#Cc1cccnc1NC1CCN(C(=O)O)[C@@H]1C1C2CC3C[C@H]1CC(C(N)=O)(C3)C2. The molecule has 1 aliphatic heterocycles. The van der Waals surface area contributed by atoms with E-state index in [1.54, 1.807) is 23.2 Å². The first-order valence-corrected chi connectivity index (χ1v) is 10.8. The molecule has 1 saturated heterocycles. The largest absolute Gasteiger partial charge is 0.465 e. The van der Waals surface area contributed by atoms with Crippen LogP contribution in [0, 0.1) is 40.4 Å². The maximum atomic E-state index is 12.3. The van der Waals surface area contributed by atoms with E-state index in [1.165, 1.54) is 0 Å². The Morgan fingerprint density at radius 1 is 1.30 bits per heavy atom. The summed E-state index contributed by atoms with van der Waals surface area (Å²) in [7, 11) is 0. The lowest BCUT2D eigenvalue weighted by Crippen LogP contribution is -2.61. The van der Waals surface area contributed by atoms with Crippen molar-refractivity contribution in [2.75, 3.05) is 11.9 Å². The van der Waals surface area contributed by atoms with Crippen LogP contribution >= 0.6 is 0 Å². The molecule has 0 aromatic carbocycles. The van der Waals surface area contributed by atoms with E-state index in [4.69, 9.17) is 5.73 Å². The van der Waals surface area contributed by atoms with Crippen molar-refractivity contribution in [1.82, 2.24) is 9.88 Å². The van der Waals surface area contributed by atoms with Gasteiger partial charge in [0.05, 0.1) is 17.6 Å². The standard InChI is InChI=1S/C22H27N5O3/c23-11-13-2-1-4-25-19(13)26-16-3-5-27(21(29)30)18(16)17-14-6-12-7-15(17)10-22(8-12,9-14)20(24)28/h1-2,4,12,14-18H,3,5-10H2,(H2,24,28)(H,25,26)(H,29,30)/t12?,14-,15?,16?,17?,18-,22?/m0/s1. The molecule has 1 aromatic heterocycles.